The van der Waals surface area contributed by atoms with E-state index in [1.807, 2.05) is 13.1 Å². The fourth-order valence-electron chi connectivity index (χ4n) is 4.92. The van der Waals surface area contributed by atoms with Crippen LogP contribution in [0, 0.1) is 12.7 Å². The molecular weight excluding hydrogens is 449 g/mol. The molecule has 9 heteroatoms. The molecule has 0 radical (unpaired) electrons. The van der Waals surface area contributed by atoms with Crippen LogP contribution in [-0.2, 0) is 11.2 Å². The number of aliphatic hydroxyl groups is 1. The third kappa shape index (κ3) is 5.03. The van der Waals surface area contributed by atoms with Crippen LogP contribution in [0.3, 0.4) is 0 Å². The van der Waals surface area contributed by atoms with Gasteiger partial charge in [-0.2, -0.15) is 0 Å². The molecule has 0 bridgehead atoms. The van der Waals surface area contributed by atoms with E-state index in [1.165, 1.54) is 18.9 Å². The molecule has 186 valence electrons. The third-order valence-electron chi connectivity index (χ3n) is 7.25. The predicted molar refractivity (Wildman–Crippen MR) is 131 cm³/mol. The fourth-order valence-corrected chi connectivity index (χ4v) is 4.92. The molecule has 2 aromatic heterocycles. The molecule has 2 aliphatic rings. The van der Waals surface area contributed by atoms with Crippen LogP contribution in [0.25, 0.3) is 11.0 Å². The monoisotopic (exact) mass is 481 g/mol. The van der Waals surface area contributed by atoms with Gasteiger partial charge < -0.3 is 30.8 Å². The molecule has 5 N–H and O–H groups in total. The van der Waals surface area contributed by atoms with E-state index in [4.69, 9.17) is 10.5 Å². The van der Waals surface area contributed by atoms with Crippen LogP contribution in [-0.4, -0.2) is 63.2 Å². The van der Waals surface area contributed by atoms with Gasteiger partial charge in [-0.05, 0) is 68.4 Å². The lowest BCUT2D eigenvalue weighted by molar-refractivity contribution is -0.125. The van der Waals surface area contributed by atoms with E-state index in [0.29, 0.717) is 35.8 Å². The number of hydrogen-bond acceptors (Lipinski definition) is 6. The maximum absolute atomic E-state index is 14.9. The second-order valence-electron chi connectivity index (χ2n) is 9.88. The van der Waals surface area contributed by atoms with Gasteiger partial charge >= 0.3 is 0 Å². The second-order valence-corrected chi connectivity index (χ2v) is 9.88. The number of benzene rings is 1. The Morgan fingerprint density at radius 3 is 2.80 bits per heavy atom. The molecule has 2 fully saturated rings. The van der Waals surface area contributed by atoms with Gasteiger partial charge in [-0.3, -0.25) is 4.79 Å². The van der Waals surface area contributed by atoms with Gasteiger partial charge in [-0.25, -0.2) is 9.37 Å². The summed E-state index contributed by atoms with van der Waals surface area (Å²) in [5.74, 6) is -0.269. The lowest BCUT2D eigenvalue weighted by Gasteiger charge is -2.41. The number of aliphatic hydroxyl groups excluding tert-OH is 1. The molecule has 1 unspecified atom stereocenters. The molecule has 1 amide bonds. The molecule has 5 rings (SSSR count). The van der Waals surface area contributed by atoms with Crippen molar-refractivity contribution in [3.63, 3.8) is 0 Å². The highest BCUT2D eigenvalue weighted by atomic mass is 19.1. The molecule has 3 aromatic rings. The van der Waals surface area contributed by atoms with Crippen LogP contribution in [0.15, 0.2) is 36.7 Å². The van der Waals surface area contributed by atoms with Crippen molar-refractivity contribution >= 4 is 16.9 Å². The summed E-state index contributed by atoms with van der Waals surface area (Å²) in [5, 5.41) is 13.8. The number of pyridine rings is 1. The zero-order chi connectivity index (χ0) is 24.6. The maximum Gasteiger partial charge on any atom is 0.237 e. The van der Waals surface area contributed by atoms with E-state index in [0.717, 1.165) is 24.0 Å². The Morgan fingerprint density at radius 1 is 1.34 bits per heavy atom. The Hall–Kier alpha value is -3.01. The number of fused-ring (bicyclic) bond motifs is 1. The van der Waals surface area contributed by atoms with Crippen LogP contribution >= 0.6 is 0 Å². The van der Waals surface area contributed by atoms with E-state index in [-0.39, 0.29) is 24.7 Å². The zero-order valence-corrected chi connectivity index (χ0v) is 19.9. The number of aryl methyl sites for hydroxylation is 1. The SMILES string of the molecule is Cc1c[nH]c2nccc(Oc3ccc(CC(N)C(=O)NC4(CO)CCN(C5CC5)CC4)cc3F)c12. The van der Waals surface area contributed by atoms with Gasteiger partial charge in [0.25, 0.3) is 0 Å². The first kappa shape index (κ1) is 23.7. The Balaban J connectivity index is 1.21. The Labute approximate surface area is 203 Å². The number of aromatic amines is 1. The number of piperidine rings is 1. The number of hydrogen-bond donors (Lipinski definition) is 4. The number of rotatable bonds is 8. The van der Waals surface area contributed by atoms with Crippen LogP contribution in [0.1, 0.15) is 36.8 Å². The number of likely N-dealkylation sites (tertiary alicyclic amines) is 1. The highest BCUT2D eigenvalue weighted by Gasteiger charge is 2.40. The van der Waals surface area contributed by atoms with Crippen molar-refractivity contribution < 1.29 is 19.0 Å². The van der Waals surface area contributed by atoms with Crippen LogP contribution in [0.2, 0.25) is 0 Å². The third-order valence-corrected chi connectivity index (χ3v) is 7.25. The molecule has 35 heavy (non-hydrogen) atoms. The number of carbonyl (C=O) groups excluding carboxylic acids is 1. The number of carbonyl (C=O) groups is 1. The van der Waals surface area contributed by atoms with Crippen LogP contribution in [0.4, 0.5) is 4.39 Å². The minimum atomic E-state index is -0.853. The normalized spacial score (nSPS) is 19.0. The van der Waals surface area contributed by atoms with Gasteiger partial charge in [-0.15, -0.1) is 0 Å². The standard InChI is InChI=1S/C26H32FN5O3/c1-16-14-30-24-23(16)22(6-9-29-24)35-21-5-2-17(12-19(21)27)13-20(28)25(34)31-26(15-33)7-10-32(11-8-26)18-3-4-18/h2,5-6,9,12,14,18,20,33H,3-4,7-8,10-11,13,15,28H2,1H3,(H,29,30)(H,31,34). The van der Waals surface area contributed by atoms with Crippen molar-refractivity contribution in [3.8, 4) is 11.5 Å². The molecule has 3 heterocycles. The number of aromatic nitrogens is 2. The first-order valence-electron chi connectivity index (χ1n) is 12.2. The summed E-state index contributed by atoms with van der Waals surface area (Å²) in [6.07, 6.45) is 7.48. The molecule has 1 aromatic carbocycles. The Morgan fingerprint density at radius 2 is 2.11 bits per heavy atom. The molecule has 1 saturated carbocycles. The Bertz CT molecular complexity index is 1220. The second kappa shape index (κ2) is 9.56. The predicted octanol–water partition coefficient (Wildman–Crippen LogP) is 2.78. The number of nitrogens with one attached hydrogen (secondary N) is 2. The van der Waals surface area contributed by atoms with Gasteiger partial charge in [-0.1, -0.05) is 6.07 Å². The van der Waals surface area contributed by atoms with Crippen molar-refractivity contribution in [1.82, 2.24) is 20.2 Å². The first-order chi connectivity index (χ1) is 16.9. The average molecular weight is 482 g/mol. The summed E-state index contributed by atoms with van der Waals surface area (Å²) in [6, 6.07) is 6.12. The summed E-state index contributed by atoms with van der Waals surface area (Å²) in [7, 11) is 0. The number of H-pyrrole nitrogens is 1. The highest BCUT2D eigenvalue weighted by Crippen LogP contribution is 2.33. The smallest absolute Gasteiger partial charge is 0.237 e. The Kier molecular flexibility index (Phi) is 6.48. The molecule has 1 saturated heterocycles. The van der Waals surface area contributed by atoms with Crippen LogP contribution in [0.5, 0.6) is 11.5 Å². The lowest BCUT2D eigenvalue weighted by Crippen LogP contribution is -2.60. The summed E-state index contributed by atoms with van der Waals surface area (Å²) < 4.78 is 20.7. The topological polar surface area (TPSA) is 116 Å². The molecular formula is C26H32FN5O3. The number of nitrogens with two attached hydrogens (primary N) is 1. The molecule has 8 nitrogen and oxygen atoms in total. The van der Waals surface area contributed by atoms with Gasteiger partial charge in [0.2, 0.25) is 5.91 Å². The van der Waals surface area contributed by atoms with E-state index in [2.05, 4.69) is 20.2 Å². The number of amides is 1. The summed E-state index contributed by atoms with van der Waals surface area (Å²) >= 11 is 0. The fraction of sp³-hybridized carbons (Fsp3) is 0.462. The van der Waals surface area contributed by atoms with Crippen molar-refractivity contribution in [2.24, 2.45) is 5.73 Å². The maximum atomic E-state index is 14.9. The minimum Gasteiger partial charge on any atom is -0.453 e. The summed E-state index contributed by atoms with van der Waals surface area (Å²) in [4.78, 5) is 22.6. The van der Waals surface area contributed by atoms with Gasteiger partial charge in [0.15, 0.2) is 11.6 Å². The minimum absolute atomic E-state index is 0.0847. The highest BCUT2D eigenvalue weighted by molar-refractivity contribution is 5.86. The quantitative estimate of drug-likeness (QED) is 0.393. The average Bonchev–Trinajstić information content (AvgIpc) is 3.63. The number of ether oxygens (including phenoxy) is 1. The van der Waals surface area contributed by atoms with Gasteiger partial charge in [0, 0.05) is 31.5 Å². The van der Waals surface area contributed by atoms with Crippen molar-refractivity contribution in [1.29, 1.82) is 0 Å². The lowest BCUT2D eigenvalue weighted by atomic mass is 9.87. The van der Waals surface area contributed by atoms with E-state index in [1.54, 1.807) is 24.4 Å². The van der Waals surface area contributed by atoms with E-state index in [9.17, 15) is 14.3 Å². The zero-order valence-electron chi connectivity index (χ0n) is 19.9. The van der Waals surface area contributed by atoms with Crippen molar-refractivity contribution in [2.75, 3.05) is 19.7 Å². The summed E-state index contributed by atoms with van der Waals surface area (Å²) in [6.45, 7) is 3.53. The molecule has 1 aliphatic heterocycles. The van der Waals surface area contributed by atoms with Gasteiger partial charge in [0.05, 0.1) is 23.6 Å². The molecule has 1 atom stereocenters. The van der Waals surface area contributed by atoms with E-state index >= 15 is 0 Å². The first-order valence-corrected chi connectivity index (χ1v) is 12.2. The summed E-state index contributed by atoms with van der Waals surface area (Å²) in [5.41, 5.74) is 7.76. The van der Waals surface area contributed by atoms with Crippen molar-refractivity contribution in [2.45, 2.75) is 56.7 Å². The van der Waals surface area contributed by atoms with Crippen LogP contribution < -0.4 is 15.8 Å². The largest absolute Gasteiger partial charge is 0.453 e. The number of halogens is 1. The van der Waals surface area contributed by atoms with Gasteiger partial charge in [0.1, 0.15) is 11.4 Å². The number of nitrogens with zero attached hydrogens (tertiary/aromatic N) is 2. The molecule has 0 spiro atoms. The molecule has 1 aliphatic carbocycles. The van der Waals surface area contributed by atoms with E-state index < -0.39 is 17.4 Å². The van der Waals surface area contributed by atoms with Crippen molar-refractivity contribution in [3.05, 3.63) is 53.6 Å².